The predicted molar refractivity (Wildman–Crippen MR) is 128 cm³/mol. The normalized spacial score (nSPS) is 20.6. The molecule has 5 rings (SSSR count). The number of nitrogens with zero attached hydrogens (tertiary/aromatic N) is 3. The van der Waals surface area contributed by atoms with Gasteiger partial charge in [-0.2, -0.15) is 0 Å². The van der Waals surface area contributed by atoms with Crippen molar-refractivity contribution in [2.24, 2.45) is 5.16 Å². The maximum atomic E-state index is 13.5. The number of fused-ring (bicyclic) bond motifs is 1. The largest absolute Gasteiger partial charge is 0.496 e. The number of hydrogen-bond acceptors (Lipinski definition) is 7. The van der Waals surface area contributed by atoms with Crippen LogP contribution in [0.4, 0.5) is 10.2 Å². The summed E-state index contributed by atoms with van der Waals surface area (Å²) >= 11 is 0. The summed E-state index contributed by atoms with van der Waals surface area (Å²) in [5.41, 5.74) is 9.12. The van der Waals surface area contributed by atoms with Crippen molar-refractivity contribution in [1.29, 1.82) is 0 Å². The number of aliphatic hydroxyl groups is 1. The number of aromatic nitrogens is 1. The molecule has 3 heterocycles. The summed E-state index contributed by atoms with van der Waals surface area (Å²) in [4.78, 5) is 11.8. The Morgan fingerprint density at radius 2 is 2.03 bits per heavy atom. The predicted octanol–water partition coefficient (Wildman–Crippen LogP) is 4.15. The van der Waals surface area contributed by atoms with Gasteiger partial charge in [0.05, 0.1) is 7.11 Å². The summed E-state index contributed by atoms with van der Waals surface area (Å²) < 4.78 is 19.1. The number of pyridine rings is 1. The maximum absolute atomic E-state index is 13.5. The van der Waals surface area contributed by atoms with Crippen molar-refractivity contribution >= 4 is 17.7 Å². The molecular weight excluding hydrogens is 435 g/mol. The smallest absolute Gasteiger partial charge is 0.260 e. The Labute approximate surface area is 196 Å². The van der Waals surface area contributed by atoms with Crippen LogP contribution in [0.15, 0.2) is 71.5 Å². The number of amidine groups is 1. The fraction of sp³-hybridized carbons (Fsp3) is 0.231. The molecular formula is C26H25FN4O3. The van der Waals surface area contributed by atoms with Gasteiger partial charge in [-0.25, -0.2) is 9.37 Å². The van der Waals surface area contributed by atoms with Crippen LogP contribution < -0.4 is 10.5 Å². The summed E-state index contributed by atoms with van der Waals surface area (Å²) in [7, 11) is 1.63. The molecule has 174 valence electrons. The minimum Gasteiger partial charge on any atom is -0.496 e. The molecule has 3 N–H and O–H groups in total. The number of nitrogens with two attached hydrogens (primary N) is 1. The van der Waals surface area contributed by atoms with Gasteiger partial charge in [-0.05, 0) is 78.1 Å². The van der Waals surface area contributed by atoms with Gasteiger partial charge in [-0.3, -0.25) is 0 Å². The number of methoxy groups -OCH3 is 1. The molecule has 8 heteroatoms. The first kappa shape index (κ1) is 21.9. The third-order valence-corrected chi connectivity index (χ3v) is 6.26. The van der Waals surface area contributed by atoms with E-state index in [0.717, 1.165) is 35.1 Å². The van der Waals surface area contributed by atoms with Gasteiger partial charge in [-0.15, -0.1) is 0 Å². The zero-order chi connectivity index (χ0) is 23.7. The van der Waals surface area contributed by atoms with E-state index in [9.17, 15) is 9.50 Å². The Kier molecular flexibility index (Phi) is 5.67. The lowest BCUT2D eigenvalue weighted by molar-refractivity contribution is -0.137. The first-order valence-corrected chi connectivity index (χ1v) is 11.1. The minimum absolute atomic E-state index is 0.309. The Morgan fingerprint density at radius 3 is 2.76 bits per heavy atom. The molecule has 7 nitrogen and oxygen atoms in total. The van der Waals surface area contributed by atoms with E-state index in [4.69, 9.17) is 15.3 Å². The summed E-state index contributed by atoms with van der Waals surface area (Å²) in [5, 5.41) is 14.6. The number of rotatable bonds is 5. The van der Waals surface area contributed by atoms with Crippen molar-refractivity contribution in [1.82, 2.24) is 9.88 Å². The van der Waals surface area contributed by atoms with Crippen molar-refractivity contribution in [2.75, 3.05) is 26.0 Å². The molecule has 1 unspecified atom stereocenters. The van der Waals surface area contributed by atoms with Gasteiger partial charge in [0.2, 0.25) is 0 Å². The monoisotopic (exact) mass is 460 g/mol. The summed E-state index contributed by atoms with van der Waals surface area (Å²) in [6, 6.07) is 15.6. The van der Waals surface area contributed by atoms with Crippen LogP contribution in [0.25, 0.3) is 17.2 Å². The Hall–Kier alpha value is -3.91. The van der Waals surface area contributed by atoms with Crippen LogP contribution in [0.5, 0.6) is 5.75 Å². The van der Waals surface area contributed by atoms with Gasteiger partial charge >= 0.3 is 0 Å². The van der Waals surface area contributed by atoms with Crippen LogP contribution in [0.2, 0.25) is 0 Å². The van der Waals surface area contributed by atoms with E-state index in [-0.39, 0.29) is 12.4 Å². The first-order valence-electron chi connectivity index (χ1n) is 11.1. The molecule has 0 bridgehead atoms. The molecule has 3 aromatic rings. The molecule has 1 saturated heterocycles. The molecule has 34 heavy (non-hydrogen) atoms. The highest BCUT2D eigenvalue weighted by atomic mass is 19.1. The van der Waals surface area contributed by atoms with Crippen LogP contribution >= 0.6 is 0 Å². The number of hydrogen-bond donors (Lipinski definition) is 2. The summed E-state index contributed by atoms with van der Waals surface area (Å²) in [6.45, 7) is 0.357. The van der Waals surface area contributed by atoms with Crippen molar-refractivity contribution in [3.05, 3.63) is 83.3 Å². The second-order valence-electron chi connectivity index (χ2n) is 8.31. The number of halogens is 1. The number of anilines is 1. The zero-order valence-electron chi connectivity index (χ0n) is 18.7. The molecule has 1 atom stereocenters. The Bertz CT molecular complexity index is 1280. The highest BCUT2D eigenvalue weighted by Gasteiger charge is 2.49. The van der Waals surface area contributed by atoms with Crippen LogP contribution in [-0.2, 0) is 10.6 Å². The lowest BCUT2D eigenvalue weighted by Gasteiger charge is -2.38. The second kappa shape index (κ2) is 8.79. The van der Waals surface area contributed by atoms with E-state index >= 15 is 0 Å². The van der Waals surface area contributed by atoms with Gasteiger partial charge in [-0.1, -0.05) is 17.3 Å². The fourth-order valence-electron chi connectivity index (χ4n) is 4.56. The van der Waals surface area contributed by atoms with E-state index in [2.05, 4.69) is 16.2 Å². The minimum atomic E-state index is -1.16. The highest BCUT2D eigenvalue weighted by Crippen LogP contribution is 2.40. The molecule has 2 aliphatic heterocycles. The van der Waals surface area contributed by atoms with Crippen LogP contribution in [0.3, 0.4) is 0 Å². The molecule has 0 spiro atoms. The summed E-state index contributed by atoms with van der Waals surface area (Å²) in [6.07, 6.45) is 5.40. The molecule has 2 aliphatic rings. The topological polar surface area (TPSA) is 93.2 Å². The van der Waals surface area contributed by atoms with Crippen molar-refractivity contribution in [2.45, 2.75) is 18.6 Å². The number of benzene rings is 2. The van der Waals surface area contributed by atoms with Gasteiger partial charge < -0.3 is 25.3 Å². The van der Waals surface area contributed by atoms with Crippen molar-refractivity contribution in [3.63, 3.8) is 0 Å². The van der Waals surface area contributed by atoms with E-state index < -0.39 is 5.72 Å². The molecule has 0 saturated carbocycles. The number of aliphatic hydroxyl groups excluding tert-OH is 1. The van der Waals surface area contributed by atoms with Gasteiger partial charge in [0.15, 0.2) is 5.84 Å². The van der Waals surface area contributed by atoms with Crippen molar-refractivity contribution < 1.29 is 19.1 Å². The lowest BCUT2D eigenvalue weighted by Crippen LogP contribution is -2.51. The van der Waals surface area contributed by atoms with Crippen LogP contribution in [0, 0.1) is 5.82 Å². The molecule has 0 amide bonds. The number of ether oxygens (including phenoxy) is 1. The second-order valence-corrected chi connectivity index (χ2v) is 8.31. The van der Waals surface area contributed by atoms with Gasteiger partial charge in [0.25, 0.3) is 5.72 Å². The highest BCUT2D eigenvalue weighted by molar-refractivity contribution is 6.03. The molecule has 1 aromatic heterocycles. The third-order valence-electron chi connectivity index (χ3n) is 6.26. The number of piperidine rings is 1. The molecule has 0 aliphatic carbocycles. The number of oxime groups is 1. The molecule has 1 fully saturated rings. The fourth-order valence-corrected chi connectivity index (χ4v) is 4.56. The Balaban J connectivity index is 1.47. The van der Waals surface area contributed by atoms with Gasteiger partial charge in [0, 0.05) is 23.9 Å². The SMILES string of the molecule is COc1cc(C=C2CCCN3C2=NOC3(CO)c2ccc(F)cc2)ccc1-c1ccnc(N)c1. The summed E-state index contributed by atoms with van der Waals surface area (Å²) in [5.74, 6) is 1.49. The van der Waals surface area contributed by atoms with E-state index in [1.54, 1.807) is 25.4 Å². The standard InChI is InChI=1S/C26H25FN4O3/c1-33-23-14-17(4-9-22(23)18-10-11-29-24(28)15-18)13-19-3-2-12-31-25(19)30-34-26(31,16-32)20-5-7-21(27)8-6-20/h4-11,13-15,32H,2-3,12,16H2,1H3,(H2,28,29). The molecule has 0 radical (unpaired) electrons. The quantitative estimate of drug-likeness (QED) is 0.594. The van der Waals surface area contributed by atoms with Crippen LogP contribution in [0.1, 0.15) is 24.0 Å². The van der Waals surface area contributed by atoms with Gasteiger partial charge in [0.1, 0.15) is 24.0 Å². The number of nitrogen functional groups attached to an aromatic ring is 1. The van der Waals surface area contributed by atoms with E-state index in [1.807, 2.05) is 35.2 Å². The average molecular weight is 461 g/mol. The first-order chi connectivity index (χ1) is 16.5. The zero-order valence-corrected chi connectivity index (χ0v) is 18.7. The van der Waals surface area contributed by atoms with E-state index in [1.165, 1.54) is 12.1 Å². The third kappa shape index (κ3) is 3.76. The maximum Gasteiger partial charge on any atom is 0.260 e. The lowest BCUT2D eigenvalue weighted by atomic mass is 9.94. The Morgan fingerprint density at radius 1 is 1.21 bits per heavy atom. The van der Waals surface area contributed by atoms with E-state index in [0.29, 0.717) is 29.5 Å². The molecule has 2 aromatic carbocycles. The van der Waals surface area contributed by atoms with Crippen molar-refractivity contribution in [3.8, 4) is 16.9 Å². The van der Waals surface area contributed by atoms with Crippen LogP contribution in [-0.4, -0.2) is 41.1 Å². The average Bonchev–Trinajstić information content (AvgIpc) is 3.25.